The normalized spacial score (nSPS) is 11.2. The molecule has 0 heterocycles. The molecule has 0 radical (unpaired) electrons. The van der Waals surface area contributed by atoms with Gasteiger partial charge in [-0.25, -0.2) is 0 Å². The molecule has 0 bridgehead atoms. The fourth-order valence-electron chi connectivity index (χ4n) is 2.19. The summed E-state index contributed by atoms with van der Waals surface area (Å²) in [4.78, 5) is 14.3. The summed E-state index contributed by atoms with van der Waals surface area (Å²) >= 11 is 6.02. The van der Waals surface area contributed by atoms with Crippen LogP contribution in [0.3, 0.4) is 0 Å². The maximum Gasteiger partial charge on any atom is 0.165 e. The van der Waals surface area contributed by atoms with Gasteiger partial charge < -0.3 is 4.90 Å². The molecular formula is C15H22ClNO. The monoisotopic (exact) mass is 267 g/mol. The molecule has 0 aliphatic rings. The molecule has 18 heavy (non-hydrogen) atoms. The van der Waals surface area contributed by atoms with Gasteiger partial charge in [0.1, 0.15) is 0 Å². The van der Waals surface area contributed by atoms with Crippen LogP contribution < -0.4 is 0 Å². The molecule has 0 atom stereocenters. The van der Waals surface area contributed by atoms with Gasteiger partial charge in [0.2, 0.25) is 0 Å². The van der Waals surface area contributed by atoms with E-state index in [-0.39, 0.29) is 5.78 Å². The van der Waals surface area contributed by atoms with Gasteiger partial charge in [-0.05, 0) is 32.0 Å². The van der Waals surface area contributed by atoms with Crippen molar-refractivity contribution >= 4 is 17.4 Å². The summed E-state index contributed by atoms with van der Waals surface area (Å²) in [6.07, 6.45) is 2.76. The molecule has 0 aliphatic heterocycles. The van der Waals surface area contributed by atoms with Crippen LogP contribution in [-0.2, 0) is 0 Å². The van der Waals surface area contributed by atoms with Crippen molar-refractivity contribution in [3.05, 3.63) is 34.9 Å². The zero-order valence-corrected chi connectivity index (χ0v) is 12.2. The van der Waals surface area contributed by atoms with Crippen molar-refractivity contribution in [2.75, 3.05) is 13.6 Å². The van der Waals surface area contributed by atoms with Crippen LogP contribution in [0.25, 0.3) is 0 Å². The van der Waals surface area contributed by atoms with Crippen LogP contribution in [0.1, 0.15) is 43.5 Å². The molecule has 0 spiro atoms. The molecule has 100 valence electrons. The summed E-state index contributed by atoms with van der Waals surface area (Å²) in [7, 11) is 2.08. The van der Waals surface area contributed by atoms with Gasteiger partial charge in [0.15, 0.2) is 5.78 Å². The smallest absolute Gasteiger partial charge is 0.165 e. The minimum absolute atomic E-state index is 0.124. The second-order valence-corrected chi connectivity index (χ2v) is 5.01. The molecular weight excluding hydrogens is 246 g/mol. The lowest BCUT2D eigenvalue weighted by Gasteiger charge is -2.25. The lowest BCUT2D eigenvalue weighted by Crippen LogP contribution is -2.32. The first kappa shape index (κ1) is 15.2. The molecule has 0 N–H and O–H groups in total. The van der Waals surface area contributed by atoms with Crippen LogP contribution in [0.5, 0.6) is 0 Å². The van der Waals surface area contributed by atoms with E-state index in [1.165, 1.54) is 0 Å². The topological polar surface area (TPSA) is 20.3 Å². The van der Waals surface area contributed by atoms with Gasteiger partial charge in [0, 0.05) is 24.6 Å². The molecule has 2 nitrogen and oxygen atoms in total. The second kappa shape index (κ2) is 7.55. The summed E-state index contributed by atoms with van der Waals surface area (Å²) in [5, 5.41) is 0.549. The molecule has 1 rings (SSSR count). The van der Waals surface area contributed by atoms with Crippen molar-refractivity contribution in [3.63, 3.8) is 0 Å². The first-order valence-electron chi connectivity index (χ1n) is 6.58. The Morgan fingerprint density at radius 1 is 1.28 bits per heavy atom. The van der Waals surface area contributed by atoms with E-state index in [1.807, 2.05) is 12.1 Å². The Balaban J connectivity index is 2.54. The highest BCUT2D eigenvalue weighted by atomic mass is 35.5. The Morgan fingerprint density at radius 3 is 2.44 bits per heavy atom. The average Bonchev–Trinajstić information content (AvgIpc) is 2.38. The molecule has 0 fully saturated rings. The molecule has 1 aromatic carbocycles. The standard InChI is InChI=1S/C15H22ClNO/c1-4-12(5-2)17(3)11-10-15(18)13-8-6-7-9-14(13)16/h6-9,12H,4-5,10-11H2,1-3H3. The third-order valence-corrected chi connectivity index (χ3v) is 3.76. The van der Waals surface area contributed by atoms with Crippen LogP contribution in [-0.4, -0.2) is 30.3 Å². The molecule has 0 aromatic heterocycles. The van der Waals surface area contributed by atoms with Gasteiger partial charge in [0.25, 0.3) is 0 Å². The molecule has 3 heteroatoms. The highest BCUT2D eigenvalue weighted by Gasteiger charge is 2.14. The Morgan fingerprint density at radius 2 is 1.89 bits per heavy atom. The summed E-state index contributed by atoms with van der Waals surface area (Å²) < 4.78 is 0. The molecule has 0 saturated carbocycles. The maximum atomic E-state index is 12.1. The van der Waals surface area contributed by atoms with Crippen LogP contribution in [0.2, 0.25) is 5.02 Å². The fraction of sp³-hybridized carbons (Fsp3) is 0.533. The first-order chi connectivity index (χ1) is 8.60. The average molecular weight is 268 g/mol. The largest absolute Gasteiger partial charge is 0.303 e. The number of benzene rings is 1. The van der Waals surface area contributed by atoms with Crippen molar-refractivity contribution in [1.29, 1.82) is 0 Å². The van der Waals surface area contributed by atoms with E-state index >= 15 is 0 Å². The highest BCUT2D eigenvalue weighted by molar-refractivity contribution is 6.33. The number of carbonyl (C=O) groups is 1. The third kappa shape index (κ3) is 4.11. The zero-order valence-electron chi connectivity index (χ0n) is 11.4. The van der Waals surface area contributed by atoms with Crippen molar-refractivity contribution in [3.8, 4) is 0 Å². The quantitative estimate of drug-likeness (QED) is 0.695. The molecule has 1 aromatic rings. The number of ketones is 1. The van der Waals surface area contributed by atoms with Crippen molar-refractivity contribution in [2.24, 2.45) is 0 Å². The molecule has 0 unspecified atom stereocenters. The molecule has 0 aliphatic carbocycles. The van der Waals surface area contributed by atoms with E-state index in [0.717, 1.165) is 19.4 Å². The zero-order chi connectivity index (χ0) is 13.5. The van der Waals surface area contributed by atoms with Gasteiger partial charge >= 0.3 is 0 Å². The van der Waals surface area contributed by atoms with E-state index in [9.17, 15) is 4.79 Å². The first-order valence-corrected chi connectivity index (χ1v) is 6.95. The van der Waals surface area contributed by atoms with Crippen molar-refractivity contribution in [2.45, 2.75) is 39.2 Å². The van der Waals surface area contributed by atoms with Crippen LogP contribution >= 0.6 is 11.6 Å². The summed E-state index contributed by atoms with van der Waals surface area (Å²) in [5.74, 6) is 0.124. The van der Waals surface area contributed by atoms with Gasteiger partial charge in [0.05, 0.1) is 5.02 Å². The Kier molecular flexibility index (Phi) is 6.37. The predicted octanol–water partition coefficient (Wildman–Crippen LogP) is 4.03. The number of nitrogens with zero attached hydrogens (tertiary/aromatic N) is 1. The summed E-state index contributed by atoms with van der Waals surface area (Å²) in [5.41, 5.74) is 0.636. The number of Topliss-reactive ketones (excluding diaryl/α,β-unsaturated/α-hetero) is 1. The van der Waals surface area contributed by atoms with Crippen LogP contribution in [0.4, 0.5) is 0 Å². The molecule has 0 saturated heterocycles. The predicted molar refractivity (Wildman–Crippen MR) is 77.4 cm³/mol. The van der Waals surface area contributed by atoms with Crippen molar-refractivity contribution < 1.29 is 4.79 Å². The summed E-state index contributed by atoms with van der Waals surface area (Å²) in [6, 6.07) is 7.81. The van der Waals surface area contributed by atoms with Gasteiger partial charge in [-0.1, -0.05) is 37.6 Å². The van der Waals surface area contributed by atoms with E-state index < -0.39 is 0 Å². The Hall–Kier alpha value is -0.860. The SMILES string of the molecule is CCC(CC)N(C)CCC(=O)c1ccccc1Cl. The lowest BCUT2D eigenvalue weighted by atomic mass is 10.1. The highest BCUT2D eigenvalue weighted by Crippen LogP contribution is 2.17. The number of rotatable bonds is 7. The number of hydrogen-bond acceptors (Lipinski definition) is 2. The van der Waals surface area contributed by atoms with E-state index in [1.54, 1.807) is 12.1 Å². The van der Waals surface area contributed by atoms with E-state index in [0.29, 0.717) is 23.0 Å². The lowest BCUT2D eigenvalue weighted by molar-refractivity contribution is 0.0959. The number of halogens is 1. The number of carbonyl (C=O) groups excluding carboxylic acids is 1. The Bertz CT molecular complexity index is 388. The maximum absolute atomic E-state index is 12.1. The van der Waals surface area contributed by atoms with Gasteiger partial charge in [-0.15, -0.1) is 0 Å². The van der Waals surface area contributed by atoms with Crippen LogP contribution in [0.15, 0.2) is 24.3 Å². The van der Waals surface area contributed by atoms with E-state index in [4.69, 9.17) is 11.6 Å². The van der Waals surface area contributed by atoms with E-state index in [2.05, 4.69) is 25.8 Å². The minimum atomic E-state index is 0.124. The van der Waals surface area contributed by atoms with Gasteiger partial charge in [-0.2, -0.15) is 0 Å². The fourth-order valence-corrected chi connectivity index (χ4v) is 2.44. The minimum Gasteiger partial charge on any atom is -0.303 e. The summed E-state index contributed by atoms with van der Waals surface area (Å²) in [6.45, 7) is 5.15. The number of hydrogen-bond donors (Lipinski definition) is 0. The molecule has 0 amide bonds. The third-order valence-electron chi connectivity index (χ3n) is 3.43. The Labute approximate surface area is 115 Å². The second-order valence-electron chi connectivity index (χ2n) is 4.60. The van der Waals surface area contributed by atoms with Gasteiger partial charge in [-0.3, -0.25) is 4.79 Å². The van der Waals surface area contributed by atoms with Crippen molar-refractivity contribution in [1.82, 2.24) is 4.90 Å². The van der Waals surface area contributed by atoms with Crippen LogP contribution in [0, 0.1) is 0 Å².